The maximum Gasteiger partial charge on any atom is 0.0584 e. The predicted molar refractivity (Wildman–Crippen MR) is 29.3 cm³/mol. The standard InChI is InChI=1S/C5H12O3/c1-4(8)5(2-6)3-7/h4-8H,2-3H2,1H3/t4-/m0/s1. The Labute approximate surface area is 48.6 Å². The fourth-order valence-electron chi connectivity index (χ4n) is 0.363. The molecule has 0 aliphatic rings. The van der Waals surface area contributed by atoms with E-state index in [2.05, 4.69) is 0 Å². The molecule has 0 heterocycles. The molecule has 0 aromatic heterocycles. The Morgan fingerprint density at radius 1 is 1.25 bits per heavy atom. The van der Waals surface area contributed by atoms with Gasteiger partial charge in [0.05, 0.1) is 19.3 Å². The van der Waals surface area contributed by atoms with Crippen molar-refractivity contribution in [3.8, 4) is 0 Å². The molecular formula is C5H12O3. The first-order chi connectivity index (χ1) is 3.72. The van der Waals surface area contributed by atoms with Crippen molar-refractivity contribution in [1.82, 2.24) is 0 Å². The highest BCUT2D eigenvalue weighted by molar-refractivity contribution is 4.60. The van der Waals surface area contributed by atoms with Crippen LogP contribution in [0.25, 0.3) is 0 Å². The third-order valence-electron chi connectivity index (χ3n) is 1.15. The molecule has 0 bridgehead atoms. The third kappa shape index (κ3) is 2.26. The van der Waals surface area contributed by atoms with Crippen LogP contribution < -0.4 is 0 Å². The molecule has 1 atom stereocenters. The van der Waals surface area contributed by atoms with Crippen LogP contribution in [-0.2, 0) is 0 Å². The van der Waals surface area contributed by atoms with Gasteiger partial charge in [0.2, 0.25) is 0 Å². The molecule has 0 saturated carbocycles. The van der Waals surface area contributed by atoms with Crippen LogP contribution in [0.2, 0.25) is 0 Å². The number of rotatable bonds is 3. The molecule has 0 aromatic rings. The van der Waals surface area contributed by atoms with E-state index in [-0.39, 0.29) is 19.1 Å². The van der Waals surface area contributed by atoms with Gasteiger partial charge in [0.25, 0.3) is 0 Å². The lowest BCUT2D eigenvalue weighted by Crippen LogP contribution is -2.23. The third-order valence-corrected chi connectivity index (χ3v) is 1.15. The summed E-state index contributed by atoms with van der Waals surface area (Å²) in [7, 11) is 0. The maximum atomic E-state index is 8.69. The topological polar surface area (TPSA) is 60.7 Å². The summed E-state index contributed by atoms with van der Waals surface area (Å²) < 4.78 is 0. The molecule has 0 radical (unpaired) electrons. The van der Waals surface area contributed by atoms with Gasteiger partial charge in [0.1, 0.15) is 0 Å². The summed E-state index contributed by atoms with van der Waals surface area (Å²) >= 11 is 0. The lowest BCUT2D eigenvalue weighted by atomic mass is 10.1. The van der Waals surface area contributed by atoms with Crippen molar-refractivity contribution in [1.29, 1.82) is 0 Å². The van der Waals surface area contributed by atoms with Gasteiger partial charge < -0.3 is 15.3 Å². The fourth-order valence-corrected chi connectivity index (χ4v) is 0.363. The molecule has 0 fully saturated rings. The minimum absolute atomic E-state index is 0.159. The Kier molecular flexibility index (Phi) is 3.77. The Bertz CT molecular complexity index is 49.6. The molecule has 0 unspecified atom stereocenters. The Hall–Kier alpha value is -0.120. The summed E-state index contributed by atoms with van der Waals surface area (Å²) in [6.45, 7) is 1.22. The second kappa shape index (κ2) is 3.83. The van der Waals surface area contributed by atoms with E-state index in [0.29, 0.717) is 0 Å². The van der Waals surface area contributed by atoms with E-state index in [0.717, 1.165) is 0 Å². The molecule has 0 rings (SSSR count). The van der Waals surface area contributed by atoms with Crippen molar-refractivity contribution in [3.05, 3.63) is 0 Å². The molecule has 3 nitrogen and oxygen atoms in total. The van der Waals surface area contributed by atoms with Crippen LogP contribution in [0.3, 0.4) is 0 Å². The number of aliphatic hydroxyl groups excluding tert-OH is 3. The van der Waals surface area contributed by atoms with Crippen LogP contribution in [0.15, 0.2) is 0 Å². The number of hydrogen-bond donors (Lipinski definition) is 3. The monoisotopic (exact) mass is 120 g/mol. The molecule has 0 saturated heterocycles. The molecule has 0 aliphatic carbocycles. The van der Waals surface area contributed by atoms with E-state index in [1.165, 1.54) is 6.92 Å². The molecule has 50 valence electrons. The van der Waals surface area contributed by atoms with Gasteiger partial charge in [-0.15, -0.1) is 0 Å². The largest absolute Gasteiger partial charge is 0.396 e. The van der Waals surface area contributed by atoms with Crippen LogP contribution in [0.5, 0.6) is 0 Å². The molecule has 8 heavy (non-hydrogen) atoms. The van der Waals surface area contributed by atoms with Crippen molar-refractivity contribution < 1.29 is 15.3 Å². The lowest BCUT2D eigenvalue weighted by molar-refractivity contribution is 0.0430. The van der Waals surface area contributed by atoms with Crippen molar-refractivity contribution in [2.75, 3.05) is 13.2 Å². The molecular weight excluding hydrogens is 108 g/mol. The highest BCUT2D eigenvalue weighted by Crippen LogP contribution is 1.98. The Morgan fingerprint density at radius 2 is 1.62 bits per heavy atom. The first-order valence-electron chi connectivity index (χ1n) is 2.62. The average Bonchev–Trinajstić information content (AvgIpc) is 1.69. The predicted octanol–water partition coefficient (Wildman–Crippen LogP) is -1.03. The molecule has 0 aromatic carbocycles. The molecule has 3 heteroatoms. The van der Waals surface area contributed by atoms with Gasteiger partial charge in [-0.3, -0.25) is 0 Å². The van der Waals surface area contributed by atoms with Gasteiger partial charge in [-0.25, -0.2) is 0 Å². The Balaban J connectivity index is 3.35. The van der Waals surface area contributed by atoms with Crippen LogP contribution >= 0.6 is 0 Å². The van der Waals surface area contributed by atoms with E-state index in [1.807, 2.05) is 0 Å². The summed E-state index contributed by atoms with van der Waals surface area (Å²) in [6, 6.07) is 0. The summed E-state index contributed by atoms with van der Waals surface area (Å²) in [5.74, 6) is -0.380. The Morgan fingerprint density at radius 3 is 1.62 bits per heavy atom. The fraction of sp³-hybridized carbons (Fsp3) is 1.00. The van der Waals surface area contributed by atoms with Crippen LogP contribution in [-0.4, -0.2) is 34.6 Å². The zero-order chi connectivity index (χ0) is 6.57. The van der Waals surface area contributed by atoms with Crippen LogP contribution in [0.1, 0.15) is 6.92 Å². The summed E-state index contributed by atoms with van der Waals surface area (Å²) in [6.07, 6.45) is -0.620. The summed E-state index contributed by atoms with van der Waals surface area (Å²) in [5.41, 5.74) is 0. The van der Waals surface area contributed by atoms with E-state index < -0.39 is 6.10 Å². The summed E-state index contributed by atoms with van der Waals surface area (Å²) in [4.78, 5) is 0. The maximum absolute atomic E-state index is 8.69. The van der Waals surface area contributed by atoms with Crippen molar-refractivity contribution >= 4 is 0 Å². The lowest BCUT2D eigenvalue weighted by Gasteiger charge is -2.12. The van der Waals surface area contributed by atoms with Gasteiger partial charge in [0, 0.05) is 5.92 Å². The minimum Gasteiger partial charge on any atom is -0.396 e. The highest BCUT2D eigenvalue weighted by Gasteiger charge is 2.10. The normalized spacial score (nSPS) is 14.6. The quantitative estimate of drug-likeness (QED) is 0.446. The van der Waals surface area contributed by atoms with Crippen LogP contribution in [0.4, 0.5) is 0 Å². The van der Waals surface area contributed by atoms with E-state index >= 15 is 0 Å². The smallest absolute Gasteiger partial charge is 0.0584 e. The van der Waals surface area contributed by atoms with Gasteiger partial charge in [-0.2, -0.15) is 0 Å². The van der Waals surface area contributed by atoms with Gasteiger partial charge in [-0.1, -0.05) is 0 Å². The first-order valence-corrected chi connectivity index (χ1v) is 2.62. The van der Waals surface area contributed by atoms with E-state index in [1.54, 1.807) is 0 Å². The number of aliphatic hydroxyl groups is 3. The van der Waals surface area contributed by atoms with Crippen molar-refractivity contribution in [2.45, 2.75) is 13.0 Å². The average molecular weight is 120 g/mol. The molecule has 0 amide bonds. The second-order valence-electron chi connectivity index (χ2n) is 1.87. The molecule has 0 spiro atoms. The zero-order valence-electron chi connectivity index (χ0n) is 4.91. The van der Waals surface area contributed by atoms with Gasteiger partial charge in [-0.05, 0) is 6.92 Å². The van der Waals surface area contributed by atoms with Crippen molar-refractivity contribution in [2.24, 2.45) is 5.92 Å². The van der Waals surface area contributed by atoms with Gasteiger partial charge >= 0.3 is 0 Å². The molecule has 3 N–H and O–H groups in total. The van der Waals surface area contributed by atoms with Crippen LogP contribution in [0, 0.1) is 5.92 Å². The molecule has 0 aliphatic heterocycles. The summed E-state index contributed by atoms with van der Waals surface area (Å²) in [5, 5.41) is 25.4. The van der Waals surface area contributed by atoms with Crippen molar-refractivity contribution in [3.63, 3.8) is 0 Å². The van der Waals surface area contributed by atoms with Gasteiger partial charge in [0.15, 0.2) is 0 Å². The second-order valence-corrected chi connectivity index (χ2v) is 1.87. The first kappa shape index (κ1) is 7.88. The zero-order valence-corrected chi connectivity index (χ0v) is 4.91. The SMILES string of the molecule is C[C@H](O)C(CO)CO. The minimum atomic E-state index is -0.620. The van der Waals surface area contributed by atoms with E-state index in [4.69, 9.17) is 15.3 Å². The highest BCUT2D eigenvalue weighted by atomic mass is 16.3. The van der Waals surface area contributed by atoms with E-state index in [9.17, 15) is 0 Å². The number of hydrogen-bond acceptors (Lipinski definition) is 3.